The van der Waals surface area contributed by atoms with Crippen molar-refractivity contribution < 1.29 is 13.2 Å². The zero-order chi connectivity index (χ0) is 16.9. The minimum Gasteiger partial charge on any atom is -0.375 e. The molecule has 1 aromatic rings. The first kappa shape index (κ1) is 16.5. The summed E-state index contributed by atoms with van der Waals surface area (Å²) in [6.45, 7) is 5.54. The van der Waals surface area contributed by atoms with Crippen LogP contribution in [0.2, 0.25) is 0 Å². The Morgan fingerprint density at radius 1 is 1.29 bits per heavy atom. The van der Waals surface area contributed by atoms with Crippen LogP contribution in [0, 0.1) is 6.92 Å². The highest BCUT2D eigenvalue weighted by Gasteiger charge is 2.47. The fourth-order valence-electron chi connectivity index (χ4n) is 3.97. The monoisotopic (exact) mass is 354 g/mol. The lowest BCUT2D eigenvalue weighted by molar-refractivity contribution is -0.0770. The number of ether oxygens (including phenoxy) is 1. The van der Waals surface area contributed by atoms with Gasteiger partial charge in [0, 0.05) is 45.0 Å². The highest BCUT2D eigenvalue weighted by molar-refractivity contribution is 7.90. The number of morpholine rings is 1. The summed E-state index contributed by atoms with van der Waals surface area (Å²) < 4.78 is 35.0. The highest BCUT2D eigenvalue weighted by atomic mass is 32.2. The van der Waals surface area contributed by atoms with E-state index in [0.717, 1.165) is 44.6 Å². The number of nitrogens with zero attached hydrogens (tertiary/aromatic N) is 4. The summed E-state index contributed by atoms with van der Waals surface area (Å²) >= 11 is 0. The van der Waals surface area contributed by atoms with Crippen molar-refractivity contribution in [1.29, 1.82) is 0 Å². The molecule has 7 nitrogen and oxygen atoms in total. The van der Waals surface area contributed by atoms with Gasteiger partial charge in [-0.05, 0) is 26.2 Å². The number of piperidine rings is 1. The fraction of sp³-hybridized carbons (Fsp3) is 0.812. The van der Waals surface area contributed by atoms with Gasteiger partial charge < -0.3 is 4.74 Å². The molecule has 8 heteroatoms. The van der Waals surface area contributed by atoms with E-state index in [2.05, 4.69) is 16.2 Å². The lowest BCUT2D eigenvalue weighted by Crippen LogP contribution is -2.61. The van der Waals surface area contributed by atoms with E-state index in [4.69, 9.17) is 4.74 Å². The lowest BCUT2D eigenvalue weighted by atomic mass is 10.00. The Balaban J connectivity index is 1.50. The lowest BCUT2D eigenvalue weighted by Gasteiger charge is -2.46. The molecule has 0 unspecified atom stereocenters. The Morgan fingerprint density at radius 3 is 2.75 bits per heavy atom. The van der Waals surface area contributed by atoms with Gasteiger partial charge in [0.2, 0.25) is 10.0 Å². The number of fused-ring (bicyclic) bond motifs is 1. The molecule has 0 bridgehead atoms. The van der Waals surface area contributed by atoms with Crippen LogP contribution in [0.4, 0.5) is 0 Å². The molecule has 2 aliphatic heterocycles. The second-order valence-corrected chi connectivity index (χ2v) is 9.43. The number of sulfonamides is 1. The van der Waals surface area contributed by atoms with Crippen LogP contribution in [0.25, 0.3) is 0 Å². The summed E-state index contributed by atoms with van der Waals surface area (Å²) in [6.07, 6.45) is 4.61. The highest BCUT2D eigenvalue weighted by Crippen LogP contribution is 2.35. The van der Waals surface area contributed by atoms with Gasteiger partial charge in [0.05, 0.1) is 29.7 Å². The van der Waals surface area contributed by atoms with Gasteiger partial charge in [-0.15, -0.1) is 0 Å². The Bertz CT molecular complexity index is 713. The molecule has 0 amide bonds. The first-order valence-corrected chi connectivity index (χ1v) is 10.3. The van der Waals surface area contributed by atoms with Crippen LogP contribution in [0.5, 0.6) is 0 Å². The first-order valence-electron chi connectivity index (χ1n) is 8.79. The quantitative estimate of drug-likeness (QED) is 0.787. The number of aryl methyl sites for hydroxylation is 2. The SMILES string of the molecule is Cc1nn(C)cc1CN1CC[C@H]2OCCN(S(=O)(=O)C3CC3)[C@@H]2C1. The van der Waals surface area contributed by atoms with Crippen molar-refractivity contribution in [2.45, 2.75) is 50.1 Å². The maximum absolute atomic E-state index is 12.8. The third-order valence-electron chi connectivity index (χ3n) is 5.40. The van der Waals surface area contributed by atoms with E-state index < -0.39 is 10.0 Å². The van der Waals surface area contributed by atoms with Gasteiger partial charge in [0.15, 0.2) is 0 Å². The Morgan fingerprint density at radius 2 is 2.08 bits per heavy atom. The van der Waals surface area contributed by atoms with Gasteiger partial charge in [0.1, 0.15) is 0 Å². The second kappa shape index (κ2) is 6.09. The molecule has 3 heterocycles. The zero-order valence-electron chi connectivity index (χ0n) is 14.4. The standard InChI is InChI=1S/C16H26N4O3S/c1-12-13(9-18(2)17-12)10-19-6-5-16-15(11-19)20(7-8-23-16)24(21,22)14-3-4-14/h9,14-16H,3-8,10-11H2,1-2H3/t15-,16-/m1/s1. The molecule has 3 aliphatic rings. The number of aromatic nitrogens is 2. The largest absolute Gasteiger partial charge is 0.375 e. The third kappa shape index (κ3) is 3.00. The van der Waals surface area contributed by atoms with Crippen LogP contribution in [-0.2, 0) is 28.4 Å². The number of hydrogen-bond donors (Lipinski definition) is 0. The summed E-state index contributed by atoms with van der Waals surface area (Å²) in [5.74, 6) is 0. The molecular weight excluding hydrogens is 328 g/mol. The molecular formula is C16H26N4O3S. The average molecular weight is 354 g/mol. The van der Waals surface area contributed by atoms with E-state index in [1.165, 1.54) is 5.56 Å². The molecule has 1 saturated carbocycles. The molecule has 0 aromatic carbocycles. The van der Waals surface area contributed by atoms with E-state index in [0.29, 0.717) is 13.2 Å². The van der Waals surface area contributed by atoms with Crippen molar-refractivity contribution in [3.8, 4) is 0 Å². The molecule has 24 heavy (non-hydrogen) atoms. The van der Waals surface area contributed by atoms with Gasteiger partial charge in [-0.25, -0.2) is 8.42 Å². The first-order chi connectivity index (χ1) is 11.4. The smallest absolute Gasteiger partial charge is 0.217 e. The molecule has 3 fully saturated rings. The number of likely N-dealkylation sites (tertiary alicyclic amines) is 1. The van der Waals surface area contributed by atoms with Crippen molar-refractivity contribution in [2.24, 2.45) is 7.05 Å². The zero-order valence-corrected chi connectivity index (χ0v) is 15.2. The van der Waals surface area contributed by atoms with Gasteiger partial charge >= 0.3 is 0 Å². The van der Waals surface area contributed by atoms with Crippen LogP contribution < -0.4 is 0 Å². The van der Waals surface area contributed by atoms with Crippen molar-refractivity contribution in [3.05, 3.63) is 17.5 Å². The van der Waals surface area contributed by atoms with Gasteiger partial charge in [-0.2, -0.15) is 9.40 Å². The van der Waals surface area contributed by atoms with E-state index >= 15 is 0 Å². The fourth-order valence-corrected chi connectivity index (χ4v) is 5.99. The van der Waals surface area contributed by atoms with Gasteiger partial charge in [-0.1, -0.05) is 0 Å². The predicted octanol–water partition coefficient (Wildman–Crippen LogP) is 0.496. The molecule has 2 atom stereocenters. The summed E-state index contributed by atoms with van der Waals surface area (Å²) in [7, 11) is -1.22. The molecule has 0 spiro atoms. The van der Waals surface area contributed by atoms with E-state index in [-0.39, 0.29) is 17.4 Å². The van der Waals surface area contributed by atoms with Gasteiger partial charge in [-0.3, -0.25) is 9.58 Å². The summed E-state index contributed by atoms with van der Waals surface area (Å²) in [4.78, 5) is 2.34. The Labute approximate surface area is 143 Å². The van der Waals surface area contributed by atoms with E-state index in [9.17, 15) is 8.42 Å². The van der Waals surface area contributed by atoms with Gasteiger partial charge in [0.25, 0.3) is 0 Å². The van der Waals surface area contributed by atoms with Crippen molar-refractivity contribution in [2.75, 3.05) is 26.2 Å². The molecule has 134 valence electrons. The normalized spacial score (nSPS) is 29.6. The molecule has 0 radical (unpaired) electrons. The average Bonchev–Trinajstić information content (AvgIpc) is 3.34. The maximum atomic E-state index is 12.8. The maximum Gasteiger partial charge on any atom is 0.217 e. The molecule has 2 saturated heterocycles. The van der Waals surface area contributed by atoms with Crippen LogP contribution in [-0.4, -0.2) is 71.0 Å². The molecule has 4 rings (SSSR count). The van der Waals surface area contributed by atoms with E-state index in [1.54, 1.807) is 4.31 Å². The minimum absolute atomic E-state index is 0.0403. The molecule has 1 aliphatic carbocycles. The molecule has 0 N–H and O–H groups in total. The van der Waals surface area contributed by atoms with Crippen molar-refractivity contribution in [3.63, 3.8) is 0 Å². The predicted molar refractivity (Wildman–Crippen MR) is 90.0 cm³/mol. The summed E-state index contributed by atoms with van der Waals surface area (Å²) in [6, 6.07) is -0.0462. The van der Waals surface area contributed by atoms with Crippen molar-refractivity contribution in [1.82, 2.24) is 19.0 Å². The number of hydrogen-bond acceptors (Lipinski definition) is 5. The number of rotatable bonds is 4. The third-order valence-corrected chi connectivity index (χ3v) is 7.82. The minimum atomic E-state index is -3.15. The Hall–Kier alpha value is -0.960. The Kier molecular flexibility index (Phi) is 4.19. The molecule has 1 aromatic heterocycles. The van der Waals surface area contributed by atoms with Crippen LogP contribution in [0.15, 0.2) is 6.20 Å². The van der Waals surface area contributed by atoms with Crippen LogP contribution in [0.1, 0.15) is 30.5 Å². The van der Waals surface area contributed by atoms with E-state index in [1.807, 2.05) is 18.7 Å². The van der Waals surface area contributed by atoms with Crippen molar-refractivity contribution >= 4 is 10.0 Å². The topological polar surface area (TPSA) is 67.7 Å². The summed E-state index contributed by atoms with van der Waals surface area (Å²) in [5, 5.41) is 4.26. The second-order valence-electron chi connectivity index (χ2n) is 7.27. The van der Waals surface area contributed by atoms with Crippen LogP contribution in [0.3, 0.4) is 0 Å². The van der Waals surface area contributed by atoms with Crippen LogP contribution >= 0.6 is 0 Å². The summed E-state index contributed by atoms with van der Waals surface area (Å²) in [5.41, 5.74) is 2.26.